The van der Waals surface area contributed by atoms with Crippen molar-refractivity contribution in [3.05, 3.63) is 29.8 Å². The molecule has 1 rings (SSSR count). The Morgan fingerprint density at radius 3 is 2.43 bits per heavy atom. The fourth-order valence-electron chi connectivity index (χ4n) is 2.04. The minimum absolute atomic E-state index is 0. The zero-order chi connectivity index (χ0) is 14.8. The second-order valence-electron chi connectivity index (χ2n) is 4.89. The Hall–Kier alpha value is -0.980. The molecule has 4 nitrogen and oxygen atoms in total. The van der Waals surface area contributed by atoms with E-state index in [1.54, 1.807) is 7.11 Å². The largest absolute Gasteiger partial charge is 0.497 e. The molecule has 0 fully saturated rings. The maximum Gasteiger partial charge on any atom is 0.193 e. The third-order valence-electron chi connectivity index (χ3n) is 3.22. The fraction of sp³-hybridized carbons (Fsp3) is 0.562. The van der Waals surface area contributed by atoms with E-state index in [2.05, 4.69) is 41.3 Å². The number of guanidine groups is 1. The van der Waals surface area contributed by atoms with Gasteiger partial charge in [0.15, 0.2) is 5.96 Å². The lowest BCUT2D eigenvalue weighted by Crippen LogP contribution is -2.38. The van der Waals surface area contributed by atoms with E-state index in [1.165, 1.54) is 24.8 Å². The van der Waals surface area contributed by atoms with Gasteiger partial charge in [0.05, 0.1) is 7.11 Å². The molecule has 0 heterocycles. The number of nitrogens with one attached hydrogen (secondary N) is 1. The molecule has 0 saturated carbocycles. The van der Waals surface area contributed by atoms with Gasteiger partial charge in [0.25, 0.3) is 0 Å². The quantitative estimate of drug-likeness (QED) is 0.327. The smallest absolute Gasteiger partial charge is 0.193 e. The minimum atomic E-state index is 0. The summed E-state index contributed by atoms with van der Waals surface area (Å²) in [5.74, 6) is 1.83. The maximum absolute atomic E-state index is 5.17. The summed E-state index contributed by atoms with van der Waals surface area (Å²) in [6, 6.07) is 8.14. The third-order valence-corrected chi connectivity index (χ3v) is 3.22. The molecule has 120 valence electrons. The molecule has 0 aliphatic heterocycles. The van der Waals surface area contributed by atoms with E-state index in [9.17, 15) is 0 Å². The van der Waals surface area contributed by atoms with Crippen LogP contribution in [0.15, 0.2) is 29.3 Å². The summed E-state index contributed by atoms with van der Waals surface area (Å²) in [5.41, 5.74) is 1.24. The molecular formula is C16H28IN3O. The van der Waals surface area contributed by atoms with E-state index < -0.39 is 0 Å². The number of aliphatic imine (C=N–C) groups is 1. The molecule has 0 atom stereocenters. The summed E-state index contributed by atoms with van der Waals surface area (Å²) in [6.07, 6.45) is 3.68. The molecule has 5 heteroatoms. The predicted molar refractivity (Wildman–Crippen MR) is 101 cm³/mol. The molecule has 0 bridgehead atoms. The summed E-state index contributed by atoms with van der Waals surface area (Å²) < 4.78 is 5.17. The first-order valence-electron chi connectivity index (χ1n) is 7.26. The summed E-state index contributed by atoms with van der Waals surface area (Å²) in [6.45, 7) is 4.02. The van der Waals surface area contributed by atoms with Crippen LogP contribution >= 0.6 is 24.0 Å². The van der Waals surface area contributed by atoms with Gasteiger partial charge in [0.2, 0.25) is 0 Å². The van der Waals surface area contributed by atoms with Crippen LogP contribution in [0, 0.1) is 0 Å². The standard InChI is InChI=1S/C16H27N3O.HI/c1-5-6-7-12-18-16(17-2)19(3)13-14-8-10-15(20-4)11-9-14;/h8-11H,5-7,12-13H2,1-4H3,(H,17,18);1H. The molecule has 0 aliphatic rings. The van der Waals surface area contributed by atoms with E-state index in [4.69, 9.17) is 4.74 Å². The average molecular weight is 405 g/mol. The summed E-state index contributed by atoms with van der Waals surface area (Å²) in [5, 5.41) is 3.40. The van der Waals surface area contributed by atoms with E-state index in [-0.39, 0.29) is 24.0 Å². The Kier molecular flexibility index (Phi) is 11.1. The maximum atomic E-state index is 5.17. The predicted octanol–water partition coefficient (Wildman–Crippen LogP) is 3.51. The fourth-order valence-corrected chi connectivity index (χ4v) is 2.04. The number of benzene rings is 1. The summed E-state index contributed by atoms with van der Waals surface area (Å²) in [4.78, 5) is 6.45. The van der Waals surface area contributed by atoms with Crippen molar-refractivity contribution in [2.75, 3.05) is 27.7 Å². The first kappa shape index (κ1) is 20.0. The van der Waals surface area contributed by atoms with Gasteiger partial charge >= 0.3 is 0 Å². The molecule has 1 N–H and O–H groups in total. The first-order chi connectivity index (χ1) is 9.71. The molecule has 1 aromatic rings. The van der Waals surface area contributed by atoms with E-state index in [0.29, 0.717) is 0 Å². The number of rotatable bonds is 7. The zero-order valence-corrected chi connectivity index (χ0v) is 15.9. The number of methoxy groups -OCH3 is 1. The second-order valence-corrected chi connectivity index (χ2v) is 4.89. The van der Waals surface area contributed by atoms with Crippen LogP contribution in [0.25, 0.3) is 0 Å². The number of nitrogens with zero attached hydrogens (tertiary/aromatic N) is 2. The number of unbranched alkanes of at least 4 members (excludes halogenated alkanes) is 2. The average Bonchev–Trinajstić information content (AvgIpc) is 2.48. The van der Waals surface area contributed by atoms with Crippen molar-refractivity contribution in [2.45, 2.75) is 32.7 Å². The Morgan fingerprint density at radius 2 is 1.90 bits per heavy atom. The zero-order valence-electron chi connectivity index (χ0n) is 13.6. The Bertz CT molecular complexity index is 406. The Morgan fingerprint density at radius 1 is 1.24 bits per heavy atom. The van der Waals surface area contributed by atoms with Crippen molar-refractivity contribution >= 4 is 29.9 Å². The van der Waals surface area contributed by atoms with Crippen molar-refractivity contribution in [3.63, 3.8) is 0 Å². The van der Waals surface area contributed by atoms with Gasteiger partial charge in [-0.05, 0) is 24.1 Å². The Labute approximate surface area is 146 Å². The number of halogens is 1. The van der Waals surface area contributed by atoms with E-state index >= 15 is 0 Å². The molecule has 1 aromatic carbocycles. The van der Waals surface area contributed by atoms with Gasteiger partial charge in [0, 0.05) is 27.2 Å². The second kappa shape index (κ2) is 11.7. The van der Waals surface area contributed by atoms with Crippen LogP contribution in [-0.2, 0) is 6.54 Å². The van der Waals surface area contributed by atoms with Crippen LogP contribution in [0.2, 0.25) is 0 Å². The summed E-state index contributed by atoms with van der Waals surface area (Å²) >= 11 is 0. The van der Waals surface area contributed by atoms with Gasteiger partial charge < -0.3 is 15.0 Å². The normalized spacial score (nSPS) is 10.8. The van der Waals surface area contributed by atoms with Gasteiger partial charge in [-0.2, -0.15) is 0 Å². The van der Waals surface area contributed by atoms with Gasteiger partial charge in [0.1, 0.15) is 5.75 Å². The van der Waals surface area contributed by atoms with Crippen molar-refractivity contribution in [1.82, 2.24) is 10.2 Å². The van der Waals surface area contributed by atoms with Gasteiger partial charge in [-0.25, -0.2) is 0 Å². The summed E-state index contributed by atoms with van der Waals surface area (Å²) in [7, 11) is 5.56. The van der Waals surface area contributed by atoms with Gasteiger partial charge in [-0.1, -0.05) is 31.9 Å². The molecule has 21 heavy (non-hydrogen) atoms. The van der Waals surface area contributed by atoms with E-state index in [1.807, 2.05) is 19.2 Å². The van der Waals surface area contributed by atoms with Crippen LogP contribution in [0.1, 0.15) is 31.7 Å². The molecule has 0 radical (unpaired) electrons. The molecule has 0 unspecified atom stereocenters. The molecule has 0 amide bonds. The van der Waals surface area contributed by atoms with Crippen LogP contribution in [0.4, 0.5) is 0 Å². The lowest BCUT2D eigenvalue weighted by molar-refractivity contribution is 0.414. The molecule has 0 aliphatic carbocycles. The highest BCUT2D eigenvalue weighted by Gasteiger charge is 2.06. The van der Waals surface area contributed by atoms with Crippen molar-refractivity contribution < 1.29 is 4.74 Å². The highest BCUT2D eigenvalue weighted by molar-refractivity contribution is 14.0. The molecule has 0 aromatic heterocycles. The van der Waals surface area contributed by atoms with Crippen molar-refractivity contribution in [3.8, 4) is 5.75 Å². The Balaban J connectivity index is 0.00000400. The lowest BCUT2D eigenvalue weighted by atomic mass is 10.2. The number of hydrogen-bond donors (Lipinski definition) is 1. The van der Waals surface area contributed by atoms with Crippen LogP contribution in [-0.4, -0.2) is 38.6 Å². The molecule has 0 saturated heterocycles. The topological polar surface area (TPSA) is 36.9 Å². The van der Waals surface area contributed by atoms with Crippen LogP contribution in [0.5, 0.6) is 5.75 Å². The highest BCUT2D eigenvalue weighted by Crippen LogP contribution is 2.12. The first-order valence-corrected chi connectivity index (χ1v) is 7.26. The number of ether oxygens (including phenoxy) is 1. The third kappa shape index (κ3) is 7.55. The highest BCUT2D eigenvalue weighted by atomic mass is 127. The van der Waals surface area contributed by atoms with Crippen LogP contribution in [0.3, 0.4) is 0 Å². The monoisotopic (exact) mass is 405 g/mol. The van der Waals surface area contributed by atoms with E-state index in [0.717, 1.165) is 24.8 Å². The minimum Gasteiger partial charge on any atom is -0.497 e. The SMILES string of the molecule is CCCCCNC(=NC)N(C)Cc1ccc(OC)cc1.I. The van der Waals surface area contributed by atoms with Gasteiger partial charge in [-0.15, -0.1) is 24.0 Å². The molecule has 0 spiro atoms. The van der Waals surface area contributed by atoms with Gasteiger partial charge in [-0.3, -0.25) is 4.99 Å². The van der Waals surface area contributed by atoms with Crippen molar-refractivity contribution in [2.24, 2.45) is 4.99 Å². The van der Waals surface area contributed by atoms with Crippen LogP contribution < -0.4 is 10.1 Å². The van der Waals surface area contributed by atoms with Crippen molar-refractivity contribution in [1.29, 1.82) is 0 Å². The lowest BCUT2D eigenvalue weighted by Gasteiger charge is -2.22. The number of hydrogen-bond acceptors (Lipinski definition) is 2. The molecular weight excluding hydrogens is 377 g/mol.